The molecule has 2 bridgehead atoms. The molecule has 0 N–H and O–H groups in total. The Labute approximate surface area is 401 Å². The number of carbonyl (C=O) groups is 3. The fourth-order valence-electron chi connectivity index (χ4n) is 8.10. The Morgan fingerprint density at radius 1 is 0.836 bits per heavy atom. The van der Waals surface area contributed by atoms with Crippen LogP contribution in [0, 0.1) is 18.6 Å². The summed E-state index contributed by atoms with van der Waals surface area (Å²) in [5, 5.41) is -0.330. The number of carbonyl (C=O) groups excluding carboxylic acids is 3. The number of piperazine rings is 1. The Morgan fingerprint density at radius 3 is 2.10 bits per heavy atom. The second kappa shape index (κ2) is 20.5. The van der Waals surface area contributed by atoms with E-state index in [9.17, 15) is 18.4 Å². The van der Waals surface area contributed by atoms with Crippen molar-refractivity contribution in [2.45, 2.75) is 155 Å². The van der Waals surface area contributed by atoms with Gasteiger partial charge in [-0.15, -0.1) is 0 Å². The zero-order chi connectivity index (χ0) is 49.2. The number of pyridine rings is 1. The topological polar surface area (TPSA) is 120 Å². The van der Waals surface area contributed by atoms with E-state index in [2.05, 4.69) is 38.8 Å². The van der Waals surface area contributed by atoms with E-state index in [-0.39, 0.29) is 55.4 Å². The summed E-state index contributed by atoms with van der Waals surface area (Å²) in [6.45, 7) is 25.1. The summed E-state index contributed by atoms with van der Waals surface area (Å²) in [6.07, 6.45) is 3.58. The molecule has 0 spiro atoms. The van der Waals surface area contributed by atoms with Gasteiger partial charge in [-0.3, -0.25) is 9.69 Å². The van der Waals surface area contributed by atoms with Gasteiger partial charge in [0.1, 0.15) is 28.6 Å². The van der Waals surface area contributed by atoms with Gasteiger partial charge in [0.2, 0.25) is 5.88 Å². The van der Waals surface area contributed by atoms with Crippen LogP contribution in [-0.2, 0) is 31.7 Å². The van der Waals surface area contributed by atoms with Gasteiger partial charge in [-0.1, -0.05) is 56.6 Å². The molecule has 1 saturated heterocycles. The first-order valence-electron chi connectivity index (χ1n) is 23.3. The van der Waals surface area contributed by atoms with Crippen LogP contribution in [0.25, 0.3) is 5.57 Å². The Hall–Kier alpha value is -4.73. The first kappa shape index (κ1) is 51.7. The molecular formula is C51H69ClF2N4O8Si. The van der Waals surface area contributed by atoms with Crippen molar-refractivity contribution >= 4 is 43.6 Å². The van der Waals surface area contributed by atoms with Crippen LogP contribution in [0.2, 0.25) is 23.2 Å². The average molecular weight is 968 g/mol. The highest BCUT2D eigenvalue weighted by molar-refractivity contribution is 6.74. The van der Waals surface area contributed by atoms with Crippen LogP contribution >= 0.6 is 11.6 Å². The molecule has 2 atom stereocenters. The average Bonchev–Trinajstić information content (AvgIpc) is 4.07. The second-order valence-corrected chi connectivity index (χ2v) is 26.6. The van der Waals surface area contributed by atoms with Crippen molar-refractivity contribution in [1.29, 1.82) is 0 Å². The lowest BCUT2D eigenvalue weighted by Crippen LogP contribution is -2.66. The van der Waals surface area contributed by atoms with Crippen molar-refractivity contribution in [2.75, 3.05) is 32.9 Å². The number of hydrogen-bond acceptors (Lipinski definition) is 9. The zero-order valence-corrected chi connectivity index (χ0v) is 43.1. The molecule has 1 saturated carbocycles. The summed E-state index contributed by atoms with van der Waals surface area (Å²) in [6, 6.07) is 10.3. The van der Waals surface area contributed by atoms with E-state index in [1.165, 1.54) is 0 Å². The largest absolute Gasteiger partial charge is 0.489 e. The fraction of sp³-hybridized carbons (Fsp3) is 0.569. The number of aromatic nitrogens is 1. The van der Waals surface area contributed by atoms with Gasteiger partial charge in [-0.05, 0) is 139 Å². The Morgan fingerprint density at radius 2 is 1.48 bits per heavy atom. The van der Waals surface area contributed by atoms with Crippen LogP contribution in [0.4, 0.5) is 18.4 Å². The van der Waals surface area contributed by atoms with Crippen LogP contribution in [0.3, 0.4) is 0 Å². The number of rotatable bonds is 15. The van der Waals surface area contributed by atoms with Crippen molar-refractivity contribution in [1.82, 2.24) is 19.7 Å². The highest BCUT2D eigenvalue weighted by Crippen LogP contribution is 2.43. The molecule has 2 fully saturated rings. The molecule has 3 aromatic rings. The number of fused-ring (bicyclic) bond motifs is 2. The summed E-state index contributed by atoms with van der Waals surface area (Å²) in [7, 11) is -1.97. The first-order chi connectivity index (χ1) is 31.2. The van der Waals surface area contributed by atoms with Crippen LogP contribution in [-0.4, -0.2) is 108 Å². The number of hydrogen-bond donors (Lipinski definition) is 0. The number of ether oxygens (including phenoxy) is 4. The van der Waals surface area contributed by atoms with E-state index in [1.54, 1.807) is 57.5 Å². The van der Waals surface area contributed by atoms with E-state index in [0.717, 1.165) is 52.8 Å². The Balaban J connectivity index is 1.33. The van der Waals surface area contributed by atoms with Gasteiger partial charge in [0.05, 0.1) is 25.3 Å². The van der Waals surface area contributed by atoms with E-state index in [4.69, 9.17) is 35.0 Å². The molecule has 1 aromatic heterocycles. The molecule has 2 aromatic carbocycles. The number of aryl methyl sites for hydroxylation is 1. The van der Waals surface area contributed by atoms with Crippen molar-refractivity contribution in [2.24, 2.45) is 0 Å². The van der Waals surface area contributed by atoms with Crippen molar-refractivity contribution in [3.8, 4) is 11.6 Å². The predicted octanol–water partition coefficient (Wildman–Crippen LogP) is 11.3. The van der Waals surface area contributed by atoms with Gasteiger partial charge in [0.25, 0.3) is 5.91 Å². The molecule has 6 rings (SSSR count). The summed E-state index contributed by atoms with van der Waals surface area (Å²) in [5.74, 6) is -1.56. The van der Waals surface area contributed by atoms with Crippen LogP contribution in [0.15, 0.2) is 54.2 Å². The normalized spacial score (nSPS) is 17.9. The lowest BCUT2D eigenvalue weighted by molar-refractivity contribution is -0.129. The minimum Gasteiger partial charge on any atom is -0.489 e. The van der Waals surface area contributed by atoms with Gasteiger partial charge in [-0.25, -0.2) is 23.4 Å². The molecule has 12 nitrogen and oxygen atoms in total. The first-order valence-corrected chi connectivity index (χ1v) is 26.6. The molecule has 366 valence electrons. The van der Waals surface area contributed by atoms with E-state index < -0.39 is 60.4 Å². The summed E-state index contributed by atoms with van der Waals surface area (Å²) in [5.41, 5.74) is 3.10. The molecule has 3 amide bonds. The molecule has 67 heavy (non-hydrogen) atoms. The summed E-state index contributed by atoms with van der Waals surface area (Å²) >= 11 is 5.96. The zero-order valence-electron chi connectivity index (χ0n) is 41.3. The standard InChI is InChI=1S/C51H69ClF2N4O8Si/c1-32-35(23-24-55-45(32)63-26-27-64-67(11,12)51(8,9)10)29-57(36-19-20-36)46(59)42-38(34-17-15-33(16-18-34)14-13-25-62-44-40(54)22-21-39(53)43(44)52)28-37-30-56(47(60)65-49(2,3)4)31-41(42)58(37)48(61)66-50(5,6)7/h15-18,21-24,36-37,41H,13-14,19-20,25-31H2,1-12H3/t37?,41-/m1/s1. The van der Waals surface area contributed by atoms with Gasteiger partial charge in [0.15, 0.2) is 19.9 Å². The third-order valence-corrected chi connectivity index (χ3v) is 17.6. The van der Waals surface area contributed by atoms with Crippen LogP contribution in [0.1, 0.15) is 110 Å². The monoisotopic (exact) mass is 966 g/mol. The third-order valence-electron chi connectivity index (χ3n) is 12.7. The highest BCUT2D eigenvalue weighted by atomic mass is 35.5. The molecule has 3 heterocycles. The molecule has 3 aliphatic rings. The van der Waals surface area contributed by atoms with Crippen molar-refractivity contribution < 1.29 is 46.5 Å². The quantitative estimate of drug-likeness (QED) is 0.0833. The smallest absolute Gasteiger partial charge is 0.411 e. The van der Waals surface area contributed by atoms with E-state index in [0.29, 0.717) is 37.5 Å². The molecule has 0 radical (unpaired) electrons. The van der Waals surface area contributed by atoms with Crippen molar-refractivity contribution in [3.63, 3.8) is 0 Å². The SMILES string of the molecule is Cc1c(CN(C(=O)C2=C(c3ccc(CCCOc4c(F)ccc(F)c4Cl)cc3)CC3CN(C(=O)OC(C)(C)C)C[C@H]2N3C(=O)OC(C)(C)C)C2CC2)ccnc1OCCO[Si](C)(C)C(C)(C)C. The molecule has 1 unspecified atom stereocenters. The van der Waals surface area contributed by atoms with Gasteiger partial charge < -0.3 is 33.2 Å². The number of halogens is 3. The molecule has 1 aliphatic carbocycles. The Kier molecular flexibility index (Phi) is 15.8. The van der Waals surface area contributed by atoms with Gasteiger partial charge in [0, 0.05) is 43.0 Å². The maximum atomic E-state index is 15.7. The second-order valence-electron chi connectivity index (χ2n) is 21.4. The van der Waals surface area contributed by atoms with E-state index in [1.807, 2.05) is 42.2 Å². The lowest BCUT2D eigenvalue weighted by Gasteiger charge is -2.51. The minimum absolute atomic E-state index is 0.0188. The lowest BCUT2D eigenvalue weighted by atomic mass is 9.81. The molecule has 16 heteroatoms. The van der Waals surface area contributed by atoms with Crippen LogP contribution < -0.4 is 9.47 Å². The third kappa shape index (κ3) is 12.9. The number of benzene rings is 2. The number of nitrogens with zero attached hydrogens (tertiary/aromatic N) is 4. The van der Waals surface area contributed by atoms with Gasteiger partial charge >= 0.3 is 12.2 Å². The highest BCUT2D eigenvalue weighted by Gasteiger charge is 2.51. The summed E-state index contributed by atoms with van der Waals surface area (Å²) < 4.78 is 58.2. The maximum Gasteiger partial charge on any atom is 0.411 e. The maximum absolute atomic E-state index is 15.7. The minimum atomic E-state index is -1.97. The number of amides is 3. The molecule has 2 aliphatic heterocycles. The van der Waals surface area contributed by atoms with E-state index >= 15 is 4.79 Å². The summed E-state index contributed by atoms with van der Waals surface area (Å²) in [4.78, 5) is 53.4. The fourth-order valence-corrected chi connectivity index (χ4v) is 9.33. The van der Waals surface area contributed by atoms with Crippen molar-refractivity contribution in [3.05, 3.63) is 93.1 Å². The predicted molar refractivity (Wildman–Crippen MR) is 258 cm³/mol. The molecular weight excluding hydrogens is 898 g/mol. The van der Waals surface area contributed by atoms with Gasteiger partial charge in [-0.2, -0.15) is 0 Å². The Bertz CT molecular complexity index is 2320. The van der Waals surface area contributed by atoms with Crippen LogP contribution in [0.5, 0.6) is 11.6 Å².